The summed E-state index contributed by atoms with van der Waals surface area (Å²) in [6.07, 6.45) is 2.80. The summed E-state index contributed by atoms with van der Waals surface area (Å²) in [7, 11) is 1.35. The Hall–Kier alpha value is -1.58. The Morgan fingerprint density at radius 1 is 1.67 bits per heavy atom. The van der Waals surface area contributed by atoms with Crippen LogP contribution in [0.3, 0.4) is 0 Å². The van der Waals surface area contributed by atoms with Crippen molar-refractivity contribution in [3.05, 3.63) is 24.0 Å². The van der Waals surface area contributed by atoms with Crippen molar-refractivity contribution in [3.63, 3.8) is 0 Å². The summed E-state index contributed by atoms with van der Waals surface area (Å²) >= 11 is 0. The Morgan fingerprint density at radius 3 is 3.00 bits per heavy atom. The van der Waals surface area contributed by atoms with Crippen molar-refractivity contribution in [2.75, 3.05) is 12.4 Å². The molecule has 0 amide bonds. The Labute approximate surface area is 88.7 Å². The van der Waals surface area contributed by atoms with Gasteiger partial charge in [0.05, 0.1) is 7.11 Å². The standard InChI is InChI=1S/C11H14N2O2/c1-7-5-9(7)13-8-3-4-12-10(6-8)11(14)15-2/h3-4,6-7,9H,5H2,1-2H3,(H,12,13). The average molecular weight is 206 g/mol. The van der Waals surface area contributed by atoms with E-state index in [0.717, 1.165) is 11.6 Å². The lowest BCUT2D eigenvalue weighted by atomic mass is 10.3. The number of pyridine rings is 1. The number of anilines is 1. The van der Waals surface area contributed by atoms with E-state index in [-0.39, 0.29) is 0 Å². The minimum absolute atomic E-state index is 0.343. The second kappa shape index (κ2) is 3.88. The Bertz CT molecular complexity index is 379. The summed E-state index contributed by atoms with van der Waals surface area (Å²) in [6, 6.07) is 4.12. The zero-order valence-electron chi connectivity index (χ0n) is 8.86. The maximum absolute atomic E-state index is 11.2. The van der Waals surface area contributed by atoms with E-state index in [1.54, 1.807) is 12.3 Å². The van der Waals surface area contributed by atoms with Crippen LogP contribution in [-0.4, -0.2) is 24.1 Å². The summed E-state index contributed by atoms with van der Waals surface area (Å²) in [4.78, 5) is 15.2. The van der Waals surface area contributed by atoms with Gasteiger partial charge < -0.3 is 10.1 Å². The number of nitrogens with zero attached hydrogens (tertiary/aromatic N) is 1. The lowest BCUT2D eigenvalue weighted by molar-refractivity contribution is 0.0594. The van der Waals surface area contributed by atoms with Crippen molar-refractivity contribution < 1.29 is 9.53 Å². The fourth-order valence-electron chi connectivity index (χ4n) is 1.47. The molecular weight excluding hydrogens is 192 g/mol. The van der Waals surface area contributed by atoms with E-state index in [2.05, 4.69) is 22.0 Å². The molecule has 15 heavy (non-hydrogen) atoms. The highest BCUT2D eigenvalue weighted by molar-refractivity contribution is 5.88. The lowest BCUT2D eigenvalue weighted by Gasteiger charge is -2.05. The van der Waals surface area contributed by atoms with Gasteiger partial charge >= 0.3 is 5.97 Å². The first-order valence-corrected chi connectivity index (χ1v) is 5.01. The minimum Gasteiger partial charge on any atom is -0.464 e. The van der Waals surface area contributed by atoms with E-state index in [0.29, 0.717) is 11.7 Å². The van der Waals surface area contributed by atoms with Gasteiger partial charge in [-0.25, -0.2) is 9.78 Å². The molecule has 80 valence electrons. The Morgan fingerprint density at radius 2 is 2.40 bits per heavy atom. The van der Waals surface area contributed by atoms with Crippen LogP contribution in [0.2, 0.25) is 0 Å². The number of esters is 1. The van der Waals surface area contributed by atoms with Crippen LogP contribution in [0.25, 0.3) is 0 Å². The SMILES string of the molecule is COC(=O)c1cc(NC2CC2C)ccn1. The van der Waals surface area contributed by atoms with Crippen LogP contribution in [0.4, 0.5) is 5.69 Å². The molecule has 1 aliphatic rings. The molecule has 0 radical (unpaired) electrons. The van der Waals surface area contributed by atoms with Crippen molar-refractivity contribution in [2.24, 2.45) is 5.92 Å². The van der Waals surface area contributed by atoms with Gasteiger partial charge in [0.15, 0.2) is 0 Å². The highest BCUT2D eigenvalue weighted by Gasteiger charge is 2.32. The van der Waals surface area contributed by atoms with E-state index in [1.165, 1.54) is 13.5 Å². The third-order valence-electron chi connectivity index (χ3n) is 2.62. The third-order valence-corrected chi connectivity index (χ3v) is 2.62. The summed E-state index contributed by atoms with van der Waals surface area (Å²) in [5, 5.41) is 3.34. The molecule has 1 aromatic heterocycles. The molecule has 2 rings (SSSR count). The molecule has 1 N–H and O–H groups in total. The van der Waals surface area contributed by atoms with Crippen LogP contribution in [0.15, 0.2) is 18.3 Å². The number of rotatable bonds is 3. The Balaban J connectivity index is 2.08. The molecule has 1 fully saturated rings. The molecule has 0 aromatic carbocycles. The first kappa shape index (κ1) is 9.96. The number of aromatic nitrogens is 1. The van der Waals surface area contributed by atoms with Gasteiger partial charge in [0, 0.05) is 17.9 Å². The van der Waals surface area contributed by atoms with Crippen molar-refractivity contribution in [1.29, 1.82) is 0 Å². The summed E-state index contributed by atoms with van der Waals surface area (Å²) in [6.45, 7) is 2.19. The van der Waals surface area contributed by atoms with Crippen molar-refractivity contribution in [3.8, 4) is 0 Å². The largest absolute Gasteiger partial charge is 0.464 e. The first-order valence-electron chi connectivity index (χ1n) is 5.01. The fraction of sp³-hybridized carbons (Fsp3) is 0.455. The van der Waals surface area contributed by atoms with Crippen LogP contribution in [0.5, 0.6) is 0 Å². The maximum Gasteiger partial charge on any atom is 0.356 e. The molecule has 2 atom stereocenters. The van der Waals surface area contributed by atoms with Gasteiger partial charge in [-0.1, -0.05) is 6.92 Å². The fourth-order valence-corrected chi connectivity index (χ4v) is 1.47. The summed E-state index contributed by atoms with van der Waals surface area (Å²) in [5.74, 6) is 0.322. The molecule has 1 heterocycles. The van der Waals surface area contributed by atoms with Gasteiger partial charge in [-0.05, 0) is 24.5 Å². The molecule has 1 saturated carbocycles. The maximum atomic E-state index is 11.2. The molecule has 4 nitrogen and oxygen atoms in total. The average Bonchev–Trinajstić information content (AvgIpc) is 2.93. The molecular formula is C11H14N2O2. The number of carbonyl (C=O) groups is 1. The van der Waals surface area contributed by atoms with E-state index < -0.39 is 5.97 Å². The second-order valence-electron chi connectivity index (χ2n) is 3.89. The molecule has 1 aliphatic carbocycles. The van der Waals surface area contributed by atoms with Crippen LogP contribution >= 0.6 is 0 Å². The van der Waals surface area contributed by atoms with Gasteiger partial charge in [0.1, 0.15) is 5.69 Å². The second-order valence-corrected chi connectivity index (χ2v) is 3.89. The van der Waals surface area contributed by atoms with Gasteiger partial charge in [-0.2, -0.15) is 0 Å². The lowest BCUT2D eigenvalue weighted by Crippen LogP contribution is -2.07. The highest BCUT2D eigenvalue weighted by Crippen LogP contribution is 2.32. The van der Waals surface area contributed by atoms with Crippen LogP contribution in [-0.2, 0) is 4.74 Å². The number of nitrogens with one attached hydrogen (secondary N) is 1. The van der Waals surface area contributed by atoms with Gasteiger partial charge in [-0.15, -0.1) is 0 Å². The van der Waals surface area contributed by atoms with Crippen molar-refractivity contribution in [1.82, 2.24) is 4.98 Å². The topological polar surface area (TPSA) is 51.2 Å². The predicted molar refractivity (Wildman–Crippen MR) is 56.8 cm³/mol. The predicted octanol–water partition coefficient (Wildman–Crippen LogP) is 1.69. The number of carbonyl (C=O) groups excluding carboxylic acids is 1. The highest BCUT2D eigenvalue weighted by atomic mass is 16.5. The molecule has 1 aromatic rings. The third kappa shape index (κ3) is 2.26. The summed E-state index contributed by atoms with van der Waals surface area (Å²) in [5.41, 5.74) is 1.27. The molecule has 0 spiro atoms. The van der Waals surface area contributed by atoms with Gasteiger partial charge in [-0.3, -0.25) is 0 Å². The molecule has 4 heteroatoms. The van der Waals surface area contributed by atoms with Crippen LogP contribution in [0.1, 0.15) is 23.8 Å². The van der Waals surface area contributed by atoms with E-state index >= 15 is 0 Å². The van der Waals surface area contributed by atoms with Gasteiger partial charge in [0.25, 0.3) is 0 Å². The Kier molecular flexibility index (Phi) is 2.58. The number of hydrogen-bond acceptors (Lipinski definition) is 4. The number of hydrogen-bond donors (Lipinski definition) is 1. The molecule has 2 unspecified atom stereocenters. The minimum atomic E-state index is -0.400. The number of methoxy groups -OCH3 is 1. The first-order chi connectivity index (χ1) is 7.20. The zero-order valence-corrected chi connectivity index (χ0v) is 8.86. The smallest absolute Gasteiger partial charge is 0.356 e. The van der Waals surface area contributed by atoms with Crippen LogP contribution in [0, 0.1) is 5.92 Å². The van der Waals surface area contributed by atoms with Crippen molar-refractivity contribution >= 4 is 11.7 Å². The summed E-state index contributed by atoms with van der Waals surface area (Å²) < 4.78 is 4.60. The van der Waals surface area contributed by atoms with Crippen LogP contribution < -0.4 is 5.32 Å². The quantitative estimate of drug-likeness (QED) is 0.764. The normalized spacial score (nSPS) is 23.3. The number of ether oxygens (including phenoxy) is 1. The molecule has 0 bridgehead atoms. The van der Waals surface area contributed by atoms with E-state index in [9.17, 15) is 4.79 Å². The zero-order chi connectivity index (χ0) is 10.8. The molecule has 0 aliphatic heterocycles. The van der Waals surface area contributed by atoms with E-state index in [4.69, 9.17) is 0 Å². The van der Waals surface area contributed by atoms with Crippen molar-refractivity contribution in [2.45, 2.75) is 19.4 Å². The van der Waals surface area contributed by atoms with E-state index in [1.807, 2.05) is 6.07 Å². The van der Waals surface area contributed by atoms with Gasteiger partial charge in [0.2, 0.25) is 0 Å². The monoisotopic (exact) mass is 206 g/mol. The molecule has 0 saturated heterocycles.